The van der Waals surface area contributed by atoms with Crippen molar-refractivity contribution in [1.82, 2.24) is 15.4 Å². The van der Waals surface area contributed by atoms with Crippen LogP contribution in [0.5, 0.6) is 5.75 Å². The van der Waals surface area contributed by atoms with Crippen molar-refractivity contribution in [3.05, 3.63) is 54.1 Å². The van der Waals surface area contributed by atoms with Gasteiger partial charge in [0.05, 0.1) is 18.6 Å². The van der Waals surface area contributed by atoms with E-state index >= 15 is 0 Å². The zero-order chi connectivity index (χ0) is 20.6. The summed E-state index contributed by atoms with van der Waals surface area (Å²) in [4.78, 5) is 14.4. The summed E-state index contributed by atoms with van der Waals surface area (Å²) < 4.78 is 16.1. The summed E-state index contributed by atoms with van der Waals surface area (Å²) in [5.41, 5.74) is 1.57. The first-order valence-corrected chi connectivity index (χ1v) is 10.2. The average Bonchev–Trinajstić information content (AvgIpc) is 3.19. The van der Waals surface area contributed by atoms with E-state index in [4.69, 9.17) is 14.0 Å². The Morgan fingerprint density at radius 2 is 1.97 bits per heavy atom. The van der Waals surface area contributed by atoms with Gasteiger partial charge in [0.2, 0.25) is 0 Å². The first-order chi connectivity index (χ1) is 14.8. The number of hydrogen-bond donors (Lipinski definition) is 2. The number of aromatic nitrogens is 1. The van der Waals surface area contributed by atoms with Gasteiger partial charge in [-0.1, -0.05) is 35.5 Å². The SMILES string of the molecule is O=C(NCc1ccccc1)Oc1ccc2c(NCCCN3CCOCC3)noc2c1. The molecule has 8 nitrogen and oxygen atoms in total. The van der Waals surface area contributed by atoms with Crippen molar-refractivity contribution in [1.29, 1.82) is 0 Å². The fourth-order valence-corrected chi connectivity index (χ4v) is 3.36. The van der Waals surface area contributed by atoms with Crippen molar-refractivity contribution >= 4 is 22.9 Å². The van der Waals surface area contributed by atoms with E-state index in [1.165, 1.54) is 0 Å². The summed E-state index contributed by atoms with van der Waals surface area (Å²) >= 11 is 0. The fourth-order valence-electron chi connectivity index (χ4n) is 3.36. The number of carbonyl (C=O) groups is 1. The second-order valence-corrected chi connectivity index (χ2v) is 7.15. The minimum absolute atomic E-state index is 0.406. The van der Waals surface area contributed by atoms with Gasteiger partial charge in [0.15, 0.2) is 11.4 Å². The van der Waals surface area contributed by atoms with Gasteiger partial charge in [0.1, 0.15) is 5.75 Å². The van der Waals surface area contributed by atoms with Gasteiger partial charge in [-0.05, 0) is 30.7 Å². The smallest absolute Gasteiger partial charge is 0.410 e. The van der Waals surface area contributed by atoms with Crippen molar-refractivity contribution < 1.29 is 18.8 Å². The Bertz CT molecular complexity index is 954. The van der Waals surface area contributed by atoms with Crippen LogP contribution in [0.3, 0.4) is 0 Å². The van der Waals surface area contributed by atoms with Gasteiger partial charge < -0.3 is 24.6 Å². The van der Waals surface area contributed by atoms with Crippen LogP contribution in [0.1, 0.15) is 12.0 Å². The van der Waals surface area contributed by atoms with Crippen LogP contribution in [0.2, 0.25) is 0 Å². The molecule has 0 saturated carbocycles. The van der Waals surface area contributed by atoms with Gasteiger partial charge in [-0.15, -0.1) is 0 Å². The molecule has 0 spiro atoms. The highest BCUT2D eigenvalue weighted by molar-refractivity contribution is 5.89. The molecule has 158 valence electrons. The summed E-state index contributed by atoms with van der Waals surface area (Å²) in [7, 11) is 0. The van der Waals surface area contributed by atoms with E-state index in [0.29, 0.717) is 23.7 Å². The normalized spacial score (nSPS) is 14.5. The van der Waals surface area contributed by atoms with Crippen LogP contribution < -0.4 is 15.4 Å². The molecule has 0 radical (unpaired) electrons. The van der Waals surface area contributed by atoms with Gasteiger partial charge in [0, 0.05) is 32.2 Å². The maximum Gasteiger partial charge on any atom is 0.412 e. The van der Waals surface area contributed by atoms with E-state index in [1.807, 2.05) is 36.4 Å². The lowest BCUT2D eigenvalue weighted by atomic mass is 10.2. The predicted octanol–water partition coefficient (Wildman–Crippen LogP) is 3.25. The van der Waals surface area contributed by atoms with Crippen LogP contribution in [-0.2, 0) is 11.3 Å². The Morgan fingerprint density at radius 1 is 1.13 bits per heavy atom. The molecule has 0 aliphatic carbocycles. The molecule has 2 N–H and O–H groups in total. The Balaban J connectivity index is 1.25. The van der Waals surface area contributed by atoms with E-state index in [-0.39, 0.29) is 0 Å². The number of ether oxygens (including phenoxy) is 2. The highest BCUT2D eigenvalue weighted by Crippen LogP contribution is 2.26. The van der Waals surface area contributed by atoms with Gasteiger partial charge in [0.25, 0.3) is 0 Å². The predicted molar refractivity (Wildman–Crippen MR) is 114 cm³/mol. The number of hydrogen-bond acceptors (Lipinski definition) is 7. The Labute approximate surface area is 175 Å². The van der Waals surface area contributed by atoms with E-state index < -0.39 is 6.09 Å². The first-order valence-electron chi connectivity index (χ1n) is 10.2. The van der Waals surface area contributed by atoms with Crippen molar-refractivity contribution in [2.24, 2.45) is 0 Å². The number of benzene rings is 2. The van der Waals surface area contributed by atoms with Crippen molar-refractivity contribution in [3.8, 4) is 5.75 Å². The molecular weight excluding hydrogens is 384 g/mol. The quantitative estimate of drug-likeness (QED) is 0.551. The zero-order valence-corrected chi connectivity index (χ0v) is 16.8. The lowest BCUT2D eigenvalue weighted by Crippen LogP contribution is -2.37. The van der Waals surface area contributed by atoms with Crippen LogP contribution in [0.15, 0.2) is 53.1 Å². The second-order valence-electron chi connectivity index (χ2n) is 7.15. The van der Waals surface area contributed by atoms with Crippen LogP contribution >= 0.6 is 0 Å². The van der Waals surface area contributed by atoms with E-state index in [1.54, 1.807) is 12.1 Å². The topological polar surface area (TPSA) is 88.9 Å². The monoisotopic (exact) mass is 410 g/mol. The lowest BCUT2D eigenvalue weighted by Gasteiger charge is -2.26. The van der Waals surface area contributed by atoms with Crippen molar-refractivity contribution in [2.45, 2.75) is 13.0 Å². The van der Waals surface area contributed by atoms with Crippen LogP contribution in [0, 0.1) is 0 Å². The molecule has 8 heteroatoms. The van der Waals surface area contributed by atoms with E-state index in [0.717, 1.165) is 56.8 Å². The van der Waals surface area contributed by atoms with E-state index in [2.05, 4.69) is 20.7 Å². The highest BCUT2D eigenvalue weighted by Gasteiger charge is 2.12. The fraction of sp³-hybridized carbons (Fsp3) is 0.364. The highest BCUT2D eigenvalue weighted by atomic mass is 16.6. The number of carbonyl (C=O) groups excluding carboxylic acids is 1. The first kappa shape index (κ1) is 20.2. The minimum atomic E-state index is -0.515. The van der Waals surface area contributed by atoms with Gasteiger partial charge >= 0.3 is 6.09 Å². The second kappa shape index (κ2) is 10.1. The molecular formula is C22H26N4O4. The molecule has 4 rings (SSSR count). The molecule has 2 aromatic carbocycles. The third-order valence-corrected chi connectivity index (χ3v) is 4.98. The number of anilines is 1. The molecule has 0 atom stereocenters. The summed E-state index contributed by atoms with van der Waals surface area (Å²) in [6.45, 7) is 5.86. The summed E-state index contributed by atoms with van der Waals surface area (Å²) in [6, 6.07) is 14.9. The molecule has 0 unspecified atom stereocenters. The van der Waals surface area contributed by atoms with Crippen LogP contribution in [0.4, 0.5) is 10.6 Å². The van der Waals surface area contributed by atoms with Crippen molar-refractivity contribution in [3.63, 3.8) is 0 Å². The maximum atomic E-state index is 12.0. The minimum Gasteiger partial charge on any atom is -0.410 e. The number of nitrogens with one attached hydrogen (secondary N) is 2. The lowest BCUT2D eigenvalue weighted by molar-refractivity contribution is 0.0378. The molecule has 1 aromatic heterocycles. The average molecular weight is 410 g/mol. The molecule has 2 heterocycles. The standard InChI is InChI=1S/C22H26N4O4/c27-22(24-16-17-5-2-1-3-6-17)29-18-7-8-19-20(15-18)30-25-21(19)23-9-4-10-26-11-13-28-14-12-26/h1-3,5-8,15H,4,9-14,16H2,(H,23,25)(H,24,27). The van der Waals surface area contributed by atoms with Gasteiger partial charge in [-0.3, -0.25) is 4.90 Å². The number of fused-ring (bicyclic) bond motifs is 1. The third kappa shape index (κ3) is 5.49. The number of nitrogens with zero attached hydrogens (tertiary/aromatic N) is 2. The van der Waals surface area contributed by atoms with Crippen LogP contribution in [-0.4, -0.2) is 55.5 Å². The Kier molecular flexibility index (Phi) is 6.79. The van der Waals surface area contributed by atoms with Crippen LogP contribution in [0.25, 0.3) is 11.0 Å². The number of morpholine rings is 1. The Hall–Kier alpha value is -3.10. The zero-order valence-electron chi connectivity index (χ0n) is 16.8. The summed E-state index contributed by atoms with van der Waals surface area (Å²) in [6.07, 6.45) is 0.496. The van der Waals surface area contributed by atoms with Crippen molar-refractivity contribution in [2.75, 3.05) is 44.7 Å². The molecule has 1 aliphatic rings. The van der Waals surface area contributed by atoms with Gasteiger partial charge in [-0.2, -0.15) is 0 Å². The molecule has 1 saturated heterocycles. The molecule has 1 amide bonds. The summed E-state index contributed by atoms with van der Waals surface area (Å²) in [5.74, 6) is 1.11. The molecule has 3 aromatic rings. The molecule has 0 bridgehead atoms. The molecule has 30 heavy (non-hydrogen) atoms. The van der Waals surface area contributed by atoms with Gasteiger partial charge in [-0.25, -0.2) is 4.79 Å². The molecule has 1 fully saturated rings. The largest absolute Gasteiger partial charge is 0.412 e. The number of rotatable bonds is 8. The number of amides is 1. The maximum absolute atomic E-state index is 12.0. The molecule has 1 aliphatic heterocycles. The third-order valence-electron chi connectivity index (χ3n) is 4.98. The summed E-state index contributed by atoms with van der Waals surface area (Å²) in [5, 5.41) is 11.0. The van der Waals surface area contributed by atoms with E-state index in [9.17, 15) is 4.79 Å². The Morgan fingerprint density at radius 3 is 2.80 bits per heavy atom.